The van der Waals surface area contributed by atoms with Gasteiger partial charge in [0.2, 0.25) is 0 Å². The van der Waals surface area contributed by atoms with Crippen molar-refractivity contribution in [3.8, 4) is 0 Å². The zero-order chi connectivity index (χ0) is 12.0. The highest BCUT2D eigenvalue weighted by Gasteiger charge is 2.10. The summed E-state index contributed by atoms with van der Waals surface area (Å²) in [7, 11) is 2.08. The van der Waals surface area contributed by atoms with Crippen LogP contribution >= 0.6 is 0 Å². The minimum atomic E-state index is 0.625. The van der Waals surface area contributed by atoms with Gasteiger partial charge in [-0.05, 0) is 50.4 Å². The topological polar surface area (TPSA) is 12.0 Å². The second-order valence-electron chi connectivity index (χ2n) is 4.70. The zero-order valence-electron chi connectivity index (χ0n) is 11.1. The highest BCUT2D eigenvalue weighted by atomic mass is 14.9. The van der Waals surface area contributed by atoms with Crippen molar-refractivity contribution in [2.75, 3.05) is 7.05 Å². The SMILES string of the molecule is CCCCC(Cc1c(C)cccc1C)NC. The monoisotopic (exact) mass is 219 g/mol. The summed E-state index contributed by atoms with van der Waals surface area (Å²) < 4.78 is 0. The number of aryl methyl sites for hydroxylation is 2. The van der Waals surface area contributed by atoms with E-state index in [9.17, 15) is 0 Å². The number of nitrogens with one attached hydrogen (secondary N) is 1. The Kier molecular flexibility index (Phi) is 5.54. The van der Waals surface area contributed by atoms with E-state index in [-0.39, 0.29) is 0 Å². The molecule has 0 heterocycles. The third kappa shape index (κ3) is 3.64. The molecule has 1 atom stereocenters. The molecule has 0 aliphatic rings. The first-order valence-corrected chi connectivity index (χ1v) is 6.41. The van der Waals surface area contributed by atoms with Crippen molar-refractivity contribution in [3.63, 3.8) is 0 Å². The van der Waals surface area contributed by atoms with E-state index in [0.29, 0.717) is 6.04 Å². The molecule has 1 N–H and O–H groups in total. The maximum atomic E-state index is 3.44. The molecule has 0 radical (unpaired) electrons. The Balaban J connectivity index is 2.69. The lowest BCUT2D eigenvalue weighted by molar-refractivity contribution is 0.497. The van der Waals surface area contributed by atoms with Gasteiger partial charge in [-0.3, -0.25) is 0 Å². The Labute approximate surface area is 100 Å². The van der Waals surface area contributed by atoms with E-state index in [0.717, 1.165) is 6.42 Å². The lowest BCUT2D eigenvalue weighted by Gasteiger charge is -2.18. The number of unbranched alkanes of at least 4 members (excludes halogenated alkanes) is 1. The summed E-state index contributed by atoms with van der Waals surface area (Å²) in [6, 6.07) is 7.21. The van der Waals surface area contributed by atoms with Crippen LogP contribution in [0.15, 0.2) is 18.2 Å². The van der Waals surface area contributed by atoms with Crippen LogP contribution in [0, 0.1) is 13.8 Å². The summed E-state index contributed by atoms with van der Waals surface area (Å²) in [5.41, 5.74) is 4.38. The first-order chi connectivity index (χ1) is 7.69. The van der Waals surface area contributed by atoms with Crippen LogP contribution in [0.4, 0.5) is 0 Å². The third-order valence-corrected chi connectivity index (χ3v) is 3.41. The van der Waals surface area contributed by atoms with E-state index in [1.165, 1.54) is 36.0 Å². The van der Waals surface area contributed by atoms with Crippen molar-refractivity contribution in [1.29, 1.82) is 0 Å². The molecule has 0 saturated carbocycles. The lowest BCUT2D eigenvalue weighted by Crippen LogP contribution is -2.28. The van der Waals surface area contributed by atoms with E-state index in [1.807, 2.05) is 0 Å². The maximum Gasteiger partial charge on any atom is 0.0105 e. The molecule has 1 rings (SSSR count). The van der Waals surface area contributed by atoms with Crippen LogP contribution in [0.2, 0.25) is 0 Å². The van der Waals surface area contributed by atoms with Crippen molar-refractivity contribution >= 4 is 0 Å². The van der Waals surface area contributed by atoms with Crippen molar-refractivity contribution in [2.24, 2.45) is 0 Å². The van der Waals surface area contributed by atoms with Gasteiger partial charge in [0, 0.05) is 6.04 Å². The van der Waals surface area contributed by atoms with E-state index in [4.69, 9.17) is 0 Å². The average molecular weight is 219 g/mol. The van der Waals surface area contributed by atoms with Gasteiger partial charge >= 0.3 is 0 Å². The lowest BCUT2D eigenvalue weighted by atomic mass is 9.94. The Hall–Kier alpha value is -0.820. The molecule has 0 aliphatic carbocycles. The molecule has 0 amide bonds. The van der Waals surface area contributed by atoms with Crippen LogP contribution in [0.1, 0.15) is 42.9 Å². The average Bonchev–Trinajstić information content (AvgIpc) is 2.28. The van der Waals surface area contributed by atoms with E-state index < -0.39 is 0 Å². The molecule has 1 heteroatoms. The summed E-state index contributed by atoms with van der Waals surface area (Å²) in [5, 5.41) is 3.44. The summed E-state index contributed by atoms with van der Waals surface area (Å²) in [5.74, 6) is 0. The first-order valence-electron chi connectivity index (χ1n) is 6.41. The third-order valence-electron chi connectivity index (χ3n) is 3.41. The highest BCUT2D eigenvalue weighted by molar-refractivity contribution is 5.34. The molecule has 0 fully saturated rings. The molecule has 1 nitrogen and oxygen atoms in total. The van der Waals surface area contributed by atoms with E-state index in [1.54, 1.807) is 0 Å². The van der Waals surface area contributed by atoms with Gasteiger partial charge in [-0.25, -0.2) is 0 Å². The number of benzene rings is 1. The predicted molar refractivity (Wildman–Crippen MR) is 72.0 cm³/mol. The predicted octanol–water partition coefficient (Wildman–Crippen LogP) is 3.62. The Morgan fingerprint density at radius 3 is 2.31 bits per heavy atom. The second kappa shape index (κ2) is 6.70. The normalized spacial score (nSPS) is 12.8. The van der Waals surface area contributed by atoms with Gasteiger partial charge in [0.25, 0.3) is 0 Å². The molecule has 0 aliphatic heterocycles. The molecule has 0 bridgehead atoms. The smallest absolute Gasteiger partial charge is 0.0105 e. The number of likely N-dealkylation sites (N-methyl/N-ethyl adjacent to an activating group) is 1. The van der Waals surface area contributed by atoms with Gasteiger partial charge in [-0.15, -0.1) is 0 Å². The number of rotatable bonds is 6. The Morgan fingerprint density at radius 2 is 1.81 bits per heavy atom. The van der Waals surface area contributed by atoms with Gasteiger partial charge in [0.1, 0.15) is 0 Å². The van der Waals surface area contributed by atoms with Crippen molar-refractivity contribution in [3.05, 3.63) is 34.9 Å². The van der Waals surface area contributed by atoms with Crippen molar-refractivity contribution in [1.82, 2.24) is 5.32 Å². The summed E-state index contributed by atoms with van der Waals surface area (Å²) in [6.45, 7) is 6.69. The Morgan fingerprint density at radius 1 is 1.19 bits per heavy atom. The quantitative estimate of drug-likeness (QED) is 0.770. The molecule has 0 spiro atoms. The highest BCUT2D eigenvalue weighted by Crippen LogP contribution is 2.17. The van der Waals surface area contributed by atoms with Crippen LogP contribution in [0.5, 0.6) is 0 Å². The van der Waals surface area contributed by atoms with Gasteiger partial charge in [-0.2, -0.15) is 0 Å². The van der Waals surface area contributed by atoms with Gasteiger partial charge in [0.05, 0.1) is 0 Å². The summed E-state index contributed by atoms with van der Waals surface area (Å²) in [4.78, 5) is 0. The molecule has 0 aromatic heterocycles. The summed E-state index contributed by atoms with van der Waals surface area (Å²) in [6.07, 6.45) is 5.04. The minimum Gasteiger partial charge on any atom is -0.317 e. The molecule has 90 valence electrons. The number of hydrogen-bond acceptors (Lipinski definition) is 1. The fraction of sp³-hybridized carbons (Fsp3) is 0.600. The van der Waals surface area contributed by atoms with Gasteiger partial charge < -0.3 is 5.32 Å². The van der Waals surface area contributed by atoms with E-state index >= 15 is 0 Å². The van der Waals surface area contributed by atoms with Crippen LogP contribution in [0.3, 0.4) is 0 Å². The molecular formula is C15H25N. The molecule has 16 heavy (non-hydrogen) atoms. The van der Waals surface area contributed by atoms with Crippen LogP contribution < -0.4 is 5.32 Å². The maximum absolute atomic E-state index is 3.44. The van der Waals surface area contributed by atoms with Gasteiger partial charge in [0.15, 0.2) is 0 Å². The van der Waals surface area contributed by atoms with Crippen LogP contribution in [0.25, 0.3) is 0 Å². The van der Waals surface area contributed by atoms with E-state index in [2.05, 4.69) is 51.3 Å². The fourth-order valence-corrected chi connectivity index (χ4v) is 2.22. The molecular weight excluding hydrogens is 194 g/mol. The summed E-state index contributed by atoms with van der Waals surface area (Å²) >= 11 is 0. The van der Waals surface area contributed by atoms with Crippen molar-refractivity contribution in [2.45, 2.75) is 52.5 Å². The molecule has 1 aromatic rings. The van der Waals surface area contributed by atoms with Crippen LogP contribution in [-0.4, -0.2) is 13.1 Å². The zero-order valence-corrected chi connectivity index (χ0v) is 11.1. The minimum absolute atomic E-state index is 0.625. The molecule has 1 unspecified atom stereocenters. The number of hydrogen-bond donors (Lipinski definition) is 1. The van der Waals surface area contributed by atoms with Gasteiger partial charge in [-0.1, -0.05) is 38.0 Å². The Bertz CT molecular complexity index is 297. The fourth-order valence-electron chi connectivity index (χ4n) is 2.22. The second-order valence-corrected chi connectivity index (χ2v) is 4.70. The molecule has 0 saturated heterocycles. The standard InChI is InChI=1S/C15H25N/c1-5-6-10-14(16-4)11-15-12(2)8-7-9-13(15)3/h7-9,14,16H,5-6,10-11H2,1-4H3. The van der Waals surface area contributed by atoms with Crippen molar-refractivity contribution < 1.29 is 0 Å². The largest absolute Gasteiger partial charge is 0.317 e. The van der Waals surface area contributed by atoms with Crippen LogP contribution in [-0.2, 0) is 6.42 Å². The molecule has 1 aromatic carbocycles. The first kappa shape index (κ1) is 13.2.